The van der Waals surface area contributed by atoms with Gasteiger partial charge in [-0.2, -0.15) is 0 Å². The van der Waals surface area contributed by atoms with E-state index >= 15 is 0 Å². The topological polar surface area (TPSA) is 52.1 Å². The van der Waals surface area contributed by atoms with Crippen molar-refractivity contribution in [1.82, 2.24) is 10.2 Å². The maximum Gasteiger partial charge on any atom is 0.316 e. The number of aromatic nitrogens is 2. The fourth-order valence-electron chi connectivity index (χ4n) is 1.23. The molecule has 18 heavy (non-hydrogen) atoms. The summed E-state index contributed by atoms with van der Waals surface area (Å²) in [4.78, 5) is 13.5. The Labute approximate surface area is 117 Å². The first kappa shape index (κ1) is 13.5. The van der Waals surface area contributed by atoms with Crippen LogP contribution in [0.25, 0.3) is 9.88 Å². The highest BCUT2D eigenvalue weighted by Crippen LogP contribution is 2.35. The summed E-state index contributed by atoms with van der Waals surface area (Å²) in [5.74, 6) is 0.0211. The maximum atomic E-state index is 11.0. The molecule has 0 saturated heterocycles. The summed E-state index contributed by atoms with van der Waals surface area (Å²) in [6.07, 6.45) is 0. The number of hydrogen-bond acceptors (Lipinski definition) is 7. The van der Waals surface area contributed by atoms with Gasteiger partial charge < -0.3 is 4.74 Å². The Kier molecular flexibility index (Phi) is 4.36. The van der Waals surface area contributed by atoms with E-state index in [0.29, 0.717) is 0 Å². The van der Waals surface area contributed by atoms with Crippen LogP contribution in [0.1, 0.15) is 10.4 Å². The predicted octanol–water partition coefficient (Wildman–Crippen LogP) is 3.15. The van der Waals surface area contributed by atoms with Crippen LogP contribution in [0.3, 0.4) is 0 Å². The van der Waals surface area contributed by atoms with Crippen LogP contribution in [0.4, 0.5) is 0 Å². The molecule has 7 heteroatoms. The molecule has 0 aliphatic rings. The molecule has 0 aliphatic carbocycles. The molecule has 0 atom stereocenters. The van der Waals surface area contributed by atoms with Gasteiger partial charge in [-0.3, -0.25) is 4.79 Å². The van der Waals surface area contributed by atoms with Crippen molar-refractivity contribution >= 4 is 40.4 Å². The van der Waals surface area contributed by atoms with Gasteiger partial charge in [-0.1, -0.05) is 23.1 Å². The van der Waals surface area contributed by atoms with E-state index in [1.807, 2.05) is 0 Å². The summed E-state index contributed by atoms with van der Waals surface area (Å²) in [7, 11) is 1.38. The highest BCUT2D eigenvalue weighted by atomic mass is 32.2. The SMILES string of the molecule is COC(=O)CSc1nnc(-c2cc(C)c(C)s2)s1. The highest BCUT2D eigenvalue weighted by molar-refractivity contribution is 8.01. The van der Waals surface area contributed by atoms with Crippen molar-refractivity contribution in [2.45, 2.75) is 18.2 Å². The summed E-state index contributed by atoms with van der Waals surface area (Å²) in [5, 5.41) is 9.12. The van der Waals surface area contributed by atoms with Crippen molar-refractivity contribution in [1.29, 1.82) is 0 Å². The molecule has 96 valence electrons. The van der Waals surface area contributed by atoms with Crippen LogP contribution >= 0.6 is 34.4 Å². The Hall–Kier alpha value is -0.920. The zero-order chi connectivity index (χ0) is 13.1. The van der Waals surface area contributed by atoms with Crippen LogP contribution < -0.4 is 0 Å². The number of hydrogen-bond donors (Lipinski definition) is 0. The number of esters is 1. The molecule has 2 rings (SSSR count). The standard InChI is InChI=1S/C11H12N2O2S3/c1-6-4-8(17-7(6)2)10-12-13-11(18-10)16-5-9(14)15-3/h4H,5H2,1-3H3. The Bertz CT molecular complexity index is 543. The molecule has 0 bridgehead atoms. The summed E-state index contributed by atoms with van der Waals surface area (Å²) < 4.78 is 5.37. The number of rotatable bonds is 4. The zero-order valence-corrected chi connectivity index (χ0v) is 12.7. The van der Waals surface area contributed by atoms with Gasteiger partial charge in [0.1, 0.15) is 0 Å². The van der Waals surface area contributed by atoms with Gasteiger partial charge in [0, 0.05) is 4.88 Å². The molecule has 0 fully saturated rings. The fourth-order valence-corrected chi connectivity index (χ4v) is 3.98. The van der Waals surface area contributed by atoms with Gasteiger partial charge in [-0.05, 0) is 25.5 Å². The summed E-state index contributed by atoms with van der Waals surface area (Å²) in [6, 6.07) is 2.12. The number of aryl methyl sites for hydroxylation is 2. The number of carbonyl (C=O) groups excluding carboxylic acids is 1. The lowest BCUT2D eigenvalue weighted by Crippen LogP contribution is -2.02. The van der Waals surface area contributed by atoms with E-state index in [1.165, 1.54) is 40.6 Å². The maximum absolute atomic E-state index is 11.0. The minimum Gasteiger partial charge on any atom is -0.468 e. The van der Waals surface area contributed by atoms with Crippen LogP contribution in [0, 0.1) is 13.8 Å². The molecule has 0 spiro atoms. The lowest BCUT2D eigenvalue weighted by atomic mass is 10.3. The molecule has 2 aromatic heterocycles. The van der Waals surface area contributed by atoms with Crippen molar-refractivity contribution in [3.63, 3.8) is 0 Å². The molecule has 0 aliphatic heterocycles. The van der Waals surface area contributed by atoms with Crippen molar-refractivity contribution in [3.8, 4) is 9.88 Å². The molecule has 2 heterocycles. The second-order valence-corrected chi connectivity index (χ2v) is 7.04. The first-order chi connectivity index (χ1) is 8.60. The van der Waals surface area contributed by atoms with Crippen molar-refractivity contribution < 1.29 is 9.53 Å². The first-order valence-electron chi connectivity index (χ1n) is 5.20. The smallest absolute Gasteiger partial charge is 0.316 e. The molecule has 0 unspecified atom stereocenters. The average molecular weight is 300 g/mol. The Morgan fingerprint density at radius 2 is 2.17 bits per heavy atom. The average Bonchev–Trinajstić information content (AvgIpc) is 2.94. The largest absolute Gasteiger partial charge is 0.468 e. The van der Waals surface area contributed by atoms with Crippen molar-refractivity contribution in [2.75, 3.05) is 12.9 Å². The predicted molar refractivity (Wildman–Crippen MR) is 75.4 cm³/mol. The summed E-state index contributed by atoms with van der Waals surface area (Å²) in [6.45, 7) is 4.18. The summed E-state index contributed by atoms with van der Waals surface area (Å²) in [5.41, 5.74) is 1.27. The number of ether oxygens (including phenoxy) is 1. The second-order valence-electron chi connectivity index (χ2n) is 3.59. The third kappa shape index (κ3) is 3.09. The van der Waals surface area contributed by atoms with E-state index in [0.717, 1.165) is 14.2 Å². The quantitative estimate of drug-likeness (QED) is 0.641. The lowest BCUT2D eigenvalue weighted by molar-refractivity contribution is -0.137. The van der Waals surface area contributed by atoms with Gasteiger partial charge in [-0.25, -0.2) is 0 Å². The van der Waals surface area contributed by atoms with Crippen molar-refractivity contribution in [3.05, 3.63) is 16.5 Å². The van der Waals surface area contributed by atoms with Crippen LogP contribution in [-0.2, 0) is 9.53 Å². The monoisotopic (exact) mass is 300 g/mol. The van der Waals surface area contributed by atoms with Gasteiger partial charge in [0.15, 0.2) is 9.35 Å². The number of thiophene rings is 1. The normalized spacial score (nSPS) is 10.6. The molecule has 0 aromatic carbocycles. The first-order valence-corrected chi connectivity index (χ1v) is 7.82. The second kappa shape index (κ2) is 5.81. The van der Waals surface area contributed by atoms with Crippen LogP contribution in [-0.4, -0.2) is 29.0 Å². The zero-order valence-electron chi connectivity index (χ0n) is 10.2. The number of carbonyl (C=O) groups is 1. The van der Waals surface area contributed by atoms with E-state index in [9.17, 15) is 4.79 Å². The molecule has 4 nitrogen and oxygen atoms in total. The highest BCUT2D eigenvalue weighted by Gasteiger charge is 2.12. The Morgan fingerprint density at radius 3 is 2.78 bits per heavy atom. The summed E-state index contributed by atoms with van der Waals surface area (Å²) >= 11 is 4.58. The third-order valence-electron chi connectivity index (χ3n) is 2.32. The van der Waals surface area contributed by atoms with Gasteiger partial charge >= 0.3 is 5.97 Å². The molecule has 0 saturated carbocycles. The van der Waals surface area contributed by atoms with Gasteiger partial charge in [-0.15, -0.1) is 21.5 Å². The minimum absolute atomic E-state index is 0.250. The van der Waals surface area contributed by atoms with E-state index < -0.39 is 0 Å². The third-order valence-corrected chi connectivity index (χ3v) is 5.68. The van der Waals surface area contributed by atoms with Gasteiger partial charge in [0.05, 0.1) is 17.7 Å². The molecular weight excluding hydrogens is 288 g/mol. The van der Waals surface area contributed by atoms with E-state index in [-0.39, 0.29) is 11.7 Å². The van der Waals surface area contributed by atoms with Gasteiger partial charge in [0.2, 0.25) is 0 Å². The van der Waals surface area contributed by atoms with E-state index in [2.05, 4.69) is 34.8 Å². The lowest BCUT2D eigenvalue weighted by Gasteiger charge is -1.94. The molecule has 0 N–H and O–H groups in total. The number of nitrogens with zero attached hydrogens (tertiary/aromatic N) is 2. The molecule has 2 aromatic rings. The number of methoxy groups -OCH3 is 1. The van der Waals surface area contributed by atoms with Crippen molar-refractivity contribution in [2.24, 2.45) is 0 Å². The minimum atomic E-state index is -0.250. The van der Waals surface area contributed by atoms with Gasteiger partial charge in [0.25, 0.3) is 0 Å². The van der Waals surface area contributed by atoms with Crippen LogP contribution in [0.2, 0.25) is 0 Å². The van der Waals surface area contributed by atoms with E-state index in [4.69, 9.17) is 0 Å². The Balaban J connectivity index is 2.08. The number of thioether (sulfide) groups is 1. The van der Waals surface area contributed by atoms with Crippen LogP contribution in [0.15, 0.2) is 10.4 Å². The Morgan fingerprint density at radius 1 is 1.39 bits per heavy atom. The molecule has 0 amide bonds. The van der Waals surface area contributed by atoms with Crippen LogP contribution in [0.5, 0.6) is 0 Å². The molecule has 0 radical (unpaired) electrons. The molecular formula is C11H12N2O2S3. The van der Waals surface area contributed by atoms with E-state index in [1.54, 1.807) is 11.3 Å². The fraction of sp³-hybridized carbons (Fsp3) is 0.364.